The third-order valence-electron chi connectivity index (χ3n) is 2.50. The molecule has 0 bridgehead atoms. The molecule has 5 nitrogen and oxygen atoms in total. The molecule has 0 aromatic carbocycles. The molecule has 0 spiro atoms. The van der Waals surface area contributed by atoms with Gasteiger partial charge < -0.3 is 5.11 Å². The smallest absolute Gasteiger partial charge is 0.393 e. The molecule has 0 radical (unpaired) electrons. The molecule has 21 heavy (non-hydrogen) atoms. The van der Waals surface area contributed by atoms with E-state index in [0.29, 0.717) is 3.79 Å². The third kappa shape index (κ3) is 5.93. The van der Waals surface area contributed by atoms with Gasteiger partial charge >= 0.3 is 12.1 Å². The number of aliphatic carboxylic acids is 1. The van der Waals surface area contributed by atoms with Crippen LogP contribution >= 0.6 is 27.3 Å². The maximum atomic E-state index is 12.7. The number of carboxylic acid groups (broad SMARTS) is 1. The normalized spacial score (nSPS) is 14.1. The van der Waals surface area contributed by atoms with E-state index in [1.54, 1.807) is 0 Å². The fourth-order valence-electron chi connectivity index (χ4n) is 1.40. The fraction of sp³-hybridized carbons (Fsp3) is 0.500. The first-order chi connectivity index (χ1) is 9.52. The molecule has 1 heterocycles. The minimum atomic E-state index is -4.67. The first-order valence-corrected chi connectivity index (χ1v) is 8.65. The molecule has 1 aromatic heterocycles. The average molecular weight is 410 g/mol. The monoisotopic (exact) mass is 409 g/mol. The molecule has 0 unspecified atom stereocenters. The highest BCUT2D eigenvalue weighted by Crippen LogP contribution is 2.30. The number of carboxylic acids is 1. The first kappa shape index (κ1) is 18.4. The molecule has 0 saturated carbocycles. The van der Waals surface area contributed by atoms with Crippen LogP contribution in [0.3, 0.4) is 0 Å². The molecule has 0 aliphatic heterocycles. The van der Waals surface area contributed by atoms with Crippen LogP contribution in [0.15, 0.2) is 20.1 Å². The van der Waals surface area contributed by atoms with Crippen LogP contribution in [0.1, 0.15) is 12.8 Å². The number of thiophene rings is 1. The van der Waals surface area contributed by atoms with Crippen LogP contribution in [0.4, 0.5) is 13.2 Å². The number of nitrogens with one attached hydrogen (secondary N) is 1. The molecule has 0 amide bonds. The molecule has 2 N–H and O–H groups in total. The van der Waals surface area contributed by atoms with Crippen LogP contribution in [-0.4, -0.2) is 32.2 Å². The summed E-state index contributed by atoms with van der Waals surface area (Å²) in [5, 5.41) is 8.43. The third-order valence-corrected chi connectivity index (χ3v) is 6.04. The van der Waals surface area contributed by atoms with E-state index < -0.39 is 47.5 Å². The number of carbonyl (C=O) groups is 1. The summed E-state index contributed by atoms with van der Waals surface area (Å²) in [6.45, 7) is -0.894. The second kappa shape index (κ2) is 7.07. The summed E-state index contributed by atoms with van der Waals surface area (Å²) in [4.78, 5) is 10.3. The summed E-state index contributed by atoms with van der Waals surface area (Å²) in [6.07, 6.45) is -6.04. The SMILES string of the molecule is O=C(O)CC[C@H](CNS(=O)(=O)c1ccc(Br)s1)C(F)(F)F. The lowest BCUT2D eigenvalue weighted by molar-refractivity contribution is -0.175. The standard InChI is InChI=1S/C10H11BrF3NO4S2/c11-7-2-4-9(20-7)21(18,19)15-5-6(10(12,13)14)1-3-8(16)17/h2,4,6,15H,1,3,5H2,(H,16,17)/t6-/m1/s1. The summed E-state index contributed by atoms with van der Waals surface area (Å²) in [5.74, 6) is -3.42. The van der Waals surface area contributed by atoms with Gasteiger partial charge in [-0.1, -0.05) is 0 Å². The Morgan fingerprint density at radius 3 is 2.48 bits per heavy atom. The Kier molecular flexibility index (Phi) is 6.20. The molecule has 120 valence electrons. The number of hydrogen-bond donors (Lipinski definition) is 2. The lowest BCUT2D eigenvalue weighted by Crippen LogP contribution is -2.36. The van der Waals surface area contributed by atoms with Crippen molar-refractivity contribution in [2.24, 2.45) is 5.92 Å². The lowest BCUT2D eigenvalue weighted by Gasteiger charge is -2.19. The highest BCUT2D eigenvalue weighted by molar-refractivity contribution is 9.11. The van der Waals surface area contributed by atoms with Gasteiger partial charge in [0.15, 0.2) is 0 Å². The maximum absolute atomic E-state index is 12.7. The van der Waals surface area contributed by atoms with Crippen molar-refractivity contribution in [3.05, 3.63) is 15.9 Å². The average Bonchev–Trinajstić information content (AvgIpc) is 2.74. The Morgan fingerprint density at radius 1 is 1.43 bits per heavy atom. The summed E-state index contributed by atoms with van der Waals surface area (Å²) in [7, 11) is -4.04. The molecule has 1 aromatic rings. The minimum Gasteiger partial charge on any atom is -0.481 e. The molecular weight excluding hydrogens is 399 g/mol. The second-order valence-corrected chi connectivity index (χ2v) is 8.54. The summed E-state index contributed by atoms with van der Waals surface area (Å²) in [6, 6.07) is 2.72. The molecule has 1 rings (SSSR count). The van der Waals surface area contributed by atoms with Gasteiger partial charge in [-0.2, -0.15) is 13.2 Å². The van der Waals surface area contributed by atoms with Gasteiger partial charge in [-0.25, -0.2) is 13.1 Å². The second-order valence-electron chi connectivity index (χ2n) is 4.08. The van der Waals surface area contributed by atoms with Crippen LogP contribution in [0, 0.1) is 5.92 Å². The topological polar surface area (TPSA) is 83.5 Å². The van der Waals surface area contributed by atoms with Crippen molar-refractivity contribution < 1.29 is 31.5 Å². The van der Waals surface area contributed by atoms with Gasteiger partial charge in [0, 0.05) is 13.0 Å². The number of halogens is 4. The predicted molar refractivity (Wildman–Crippen MR) is 73.6 cm³/mol. The van der Waals surface area contributed by atoms with Gasteiger partial charge in [0.05, 0.1) is 9.70 Å². The van der Waals surface area contributed by atoms with Crippen LogP contribution in [-0.2, 0) is 14.8 Å². The van der Waals surface area contributed by atoms with E-state index in [4.69, 9.17) is 5.11 Å². The largest absolute Gasteiger partial charge is 0.481 e. The molecule has 1 atom stereocenters. The van der Waals surface area contributed by atoms with Gasteiger partial charge in [0.1, 0.15) is 4.21 Å². The predicted octanol–water partition coefficient (Wildman–Crippen LogP) is 2.83. The van der Waals surface area contributed by atoms with Crippen LogP contribution in [0.2, 0.25) is 0 Å². The Balaban J connectivity index is 2.74. The van der Waals surface area contributed by atoms with Gasteiger partial charge in [0.2, 0.25) is 10.0 Å². The summed E-state index contributed by atoms with van der Waals surface area (Å²) in [5.41, 5.74) is 0. The van der Waals surface area contributed by atoms with Crippen molar-refractivity contribution in [3.63, 3.8) is 0 Å². The minimum absolute atomic E-state index is 0.117. The highest BCUT2D eigenvalue weighted by atomic mass is 79.9. The molecule has 0 aliphatic carbocycles. The van der Waals surface area contributed by atoms with E-state index in [1.165, 1.54) is 12.1 Å². The zero-order chi connectivity index (χ0) is 16.3. The van der Waals surface area contributed by atoms with Crippen LogP contribution < -0.4 is 4.72 Å². The Bertz CT molecular complexity index is 600. The molecule has 0 fully saturated rings. The van der Waals surface area contributed by atoms with E-state index in [9.17, 15) is 26.4 Å². The van der Waals surface area contributed by atoms with Crippen molar-refractivity contribution in [2.45, 2.75) is 23.2 Å². The highest BCUT2D eigenvalue weighted by Gasteiger charge is 2.40. The number of hydrogen-bond acceptors (Lipinski definition) is 4. The van der Waals surface area contributed by atoms with Gasteiger partial charge in [-0.3, -0.25) is 4.79 Å². The van der Waals surface area contributed by atoms with Crippen molar-refractivity contribution in [3.8, 4) is 0 Å². The molecule has 0 aliphatic rings. The van der Waals surface area contributed by atoms with Gasteiger partial charge in [0.25, 0.3) is 0 Å². The Labute approximate surface area is 131 Å². The number of alkyl halides is 3. The van der Waals surface area contributed by atoms with Gasteiger partial charge in [-0.05, 0) is 34.5 Å². The van der Waals surface area contributed by atoms with Gasteiger partial charge in [-0.15, -0.1) is 11.3 Å². The van der Waals surface area contributed by atoms with E-state index in [2.05, 4.69) is 15.9 Å². The maximum Gasteiger partial charge on any atom is 0.393 e. The van der Waals surface area contributed by atoms with Crippen LogP contribution in [0.25, 0.3) is 0 Å². The van der Waals surface area contributed by atoms with E-state index in [0.717, 1.165) is 11.3 Å². The number of rotatable bonds is 7. The van der Waals surface area contributed by atoms with Crippen molar-refractivity contribution in [1.29, 1.82) is 0 Å². The Hall–Kier alpha value is -0.650. The van der Waals surface area contributed by atoms with E-state index >= 15 is 0 Å². The Morgan fingerprint density at radius 2 is 2.05 bits per heavy atom. The summed E-state index contributed by atoms with van der Waals surface area (Å²) < 4.78 is 64.1. The number of sulfonamides is 1. The van der Waals surface area contributed by atoms with E-state index in [-0.39, 0.29) is 4.21 Å². The van der Waals surface area contributed by atoms with Crippen molar-refractivity contribution in [1.82, 2.24) is 4.72 Å². The van der Waals surface area contributed by atoms with Crippen molar-refractivity contribution in [2.75, 3.05) is 6.54 Å². The zero-order valence-corrected chi connectivity index (χ0v) is 13.6. The fourth-order valence-corrected chi connectivity index (χ4v) is 4.54. The zero-order valence-electron chi connectivity index (χ0n) is 10.4. The molecular formula is C10H11BrF3NO4S2. The van der Waals surface area contributed by atoms with Crippen molar-refractivity contribution >= 4 is 43.3 Å². The molecule has 0 saturated heterocycles. The van der Waals surface area contributed by atoms with E-state index in [1.807, 2.05) is 4.72 Å². The van der Waals surface area contributed by atoms with Crippen LogP contribution in [0.5, 0.6) is 0 Å². The summed E-state index contributed by atoms with van der Waals surface area (Å²) >= 11 is 3.92. The quantitative estimate of drug-likeness (QED) is 0.724. The first-order valence-electron chi connectivity index (χ1n) is 5.56. The lowest BCUT2D eigenvalue weighted by atomic mass is 10.0. The molecule has 11 heteroatoms.